The van der Waals surface area contributed by atoms with Crippen molar-refractivity contribution in [2.45, 2.75) is 25.9 Å². The zero-order chi connectivity index (χ0) is 14.2. The van der Waals surface area contributed by atoms with Crippen molar-refractivity contribution in [2.24, 2.45) is 0 Å². The largest absolute Gasteiger partial charge is 0.478 e. The van der Waals surface area contributed by atoms with Gasteiger partial charge in [0, 0.05) is 12.1 Å². The van der Waals surface area contributed by atoms with Gasteiger partial charge in [0.2, 0.25) is 0 Å². The minimum absolute atomic E-state index is 0.0349. The fourth-order valence-corrected chi connectivity index (χ4v) is 1.87. The van der Waals surface area contributed by atoms with Gasteiger partial charge in [0.15, 0.2) is 0 Å². The molecule has 0 bridgehead atoms. The zero-order valence-corrected chi connectivity index (χ0v) is 11.7. The van der Waals surface area contributed by atoms with Gasteiger partial charge in [-0.2, -0.15) is 0 Å². The lowest BCUT2D eigenvalue weighted by molar-refractivity contribution is 0.0697. The molecule has 0 spiro atoms. The predicted molar refractivity (Wildman–Crippen MR) is 74.5 cm³/mol. The van der Waals surface area contributed by atoms with Crippen LogP contribution in [0.2, 0.25) is 0 Å². The third-order valence-electron chi connectivity index (χ3n) is 3.64. The molecule has 2 rings (SSSR count). The number of hydrogen-bond acceptors (Lipinski definition) is 3. The van der Waals surface area contributed by atoms with Crippen LogP contribution in [0, 0.1) is 0 Å². The number of rotatable bonds is 4. The smallest absolute Gasteiger partial charge is 0.335 e. The molecule has 0 saturated heterocycles. The van der Waals surface area contributed by atoms with Crippen LogP contribution in [-0.4, -0.2) is 45.2 Å². The second-order valence-electron chi connectivity index (χ2n) is 5.59. The molecule has 0 aliphatic rings. The third kappa shape index (κ3) is 2.61. The standard InChI is InChI=1S/C14H19N3O2/c1-14(2,16(3)4)8-17-9-15-11-6-5-10(13(18)19)7-12(11)17/h5-7,9H,8H2,1-4H3,(H,18,19). The Hall–Kier alpha value is -1.88. The lowest BCUT2D eigenvalue weighted by Gasteiger charge is -2.33. The molecule has 0 atom stereocenters. The summed E-state index contributed by atoms with van der Waals surface area (Å²) < 4.78 is 2.00. The molecule has 1 aromatic carbocycles. The number of hydrogen-bond donors (Lipinski definition) is 1. The summed E-state index contributed by atoms with van der Waals surface area (Å²) in [5, 5.41) is 9.06. The quantitative estimate of drug-likeness (QED) is 0.915. The van der Waals surface area contributed by atoms with Gasteiger partial charge < -0.3 is 14.6 Å². The molecular weight excluding hydrogens is 242 g/mol. The van der Waals surface area contributed by atoms with Crippen molar-refractivity contribution in [2.75, 3.05) is 14.1 Å². The molecule has 102 valence electrons. The molecule has 0 fully saturated rings. The van der Waals surface area contributed by atoms with E-state index in [-0.39, 0.29) is 11.1 Å². The molecular formula is C14H19N3O2. The summed E-state index contributed by atoms with van der Waals surface area (Å²) in [5.74, 6) is -0.915. The topological polar surface area (TPSA) is 58.4 Å². The van der Waals surface area contributed by atoms with E-state index in [0.29, 0.717) is 0 Å². The van der Waals surface area contributed by atoms with Gasteiger partial charge in [-0.25, -0.2) is 9.78 Å². The number of fused-ring (bicyclic) bond motifs is 1. The van der Waals surface area contributed by atoms with Crippen LogP contribution in [-0.2, 0) is 6.54 Å². The normalized spacial score (nSPS) is 12.3. The van der Waals surface area contributed by atoms with E-state index < -0.39 is 5.97 Å². The highest BCUT2D eigenvalue weighted by molar-refractivity contribution is 5.92. The van der Waals surface area contributed by atoms with Crippen LogP contribution in [0.25, 0.3) is 11.0 Å². The first-order valence-corrected chi connectivity index (χ1v) is 6.17. The van der Waals surface area contributed by atoms with Crippen molar-refractivity contribution >= 4 is 17.0 Å². The van der Waals surface area contributed by atoms with Gasteiger partial charge in [-0.05, 0) is 46.1 Å². The van der Waals surface area contributed by atoms with Gasteiger partial charge in [0.25, 0.3) is 0 Å². The molecule has 2 aromatic rings. The van der Waals surface area contributed by atoms with Gasteiger partial charge in [-0.3, -0.25) is 0 Å². The molecule has 19 heavy (non-hydrogen) atoms. The van der Waals surface area contributed by atoms with Crippen LogP contribution < -0.4 is 0 Å². The van der Waals surface area contributed by atoms with Crippen molar-refractivity contribution in [3.8, 4) is 0 Å². The van der Waals surface area contributed by atoms with Crippen molar-refractivity contribution in [1.29, 1.82) is 0 Å². The van der Waals surface area contributed by atoms with Crippen molar-refractivity contribution in [3.63, 3.8) is 0 Å². The number of carbonyl (C=O) groups is 1. The van der Waals surface area contributed by atoms with Crippen molar-refractivity contribution in [1.82, 2.24) is 14.5 Å². The van der Waals surface area contributed by atoms with E-state index in [4.69, 9.17) is 5.11 Å². The van der Waals surface area contributed by atoms with Crippen LogP contribution in [0.3, 0.4) is 0 Å². The van der Waals surface area contributed by atoms with Crippen LogP contribution in [0.5, 0.6) is 0 Å². The molecule has 1 aromatic heterocycles. The zero-order valence-electron chi connectivity index (χ0n) is 11.7. The Kier molecular flexibility index (Phi) is 3.32. The predicted octanol–water partition coefficient (Wildman–Crippen LogP) is 2.07. The molecule has 0 amide bonds. The van der Waals surface area contributed by atoms with E-state index in [2.05, 4.69) is 23.7 Å². The summed E-state index contributed by atoms with van der Waals surface area (Å²) in [6, 6.07) is 5.01. The minimum atomic E-state index is -0.915. The fourth-order valence-electron chi connectivity index (χ4n) is 1.87. The maximum absolute atomic E-state index is 11.0. The number of aromatic carboxylic acids is 1. The number of benzene rings is 1. The van der Waals surface area contributed by atoms with E-state index in [1.807, 2.05) is 18.7 Å². The average Bonchev–Trinajstić information content (AvgIpc) is 2.71. The molecule has 5 nitrogen and oxygen atoms in total. The lowest BCUT2D eigenvalue weighted by atomic mass is 10.0. The van der Waals surface area contributed by atoms with Gasteiger partial charge in [0.1, 0.15) is 0 Å². The van der Waals surface area contributed by atoms with Gasteiger partial charge >= 0.3 is 5.97 Å². The Balaban J connectivity index is 2.44. The van der Waals surface area contributed by atoms with Crippen molar-refractivity contribution in [3.05, 3.63) is 30.1 Å². The van der Waals surface area contributed by atoms with Gasteiger partial charge in [-0.15, -0.1) is 0 Å². The van der Waals surface area contributed by atoms with Gasteiger partial charge in [-0.1, -0.05) is 0 Å². The molecule has 1 N–H and O–H groups in total. The Bertz CT molecular complexity index is 614. The molecule has 1 heterocycles. The number of aromatic nitrogens is 2. The van der Waals surface area contributed by atoms with Crippen LogP contribution >= 0.6 is 0 Å². The molecule has 0 radical (unpaired) electrons. The summed E-state index contributed by atoms with van der Waals surface area (Å²) in [6.45, 7) is 5.03. The van der Waals surface area contributed by atoms with E-state index in [0.717, 1.165) is 17.6 Å². The highest BCUT2D eigenvalue weighted by atomic mass is 16.4. The summed E-state index contributed by atoms with van der Waals surface area (Å²) in [6.07, 6.45) is 1.77. The monoisotopic (exact) mass is 261 g/mol. The van der Waals surface area contributed by atoms with E-state index in [9.17, 15) is 4.79 Å². The second kappa shape index (κ2) is 4.66. The summed E-state index contributed by atoms with van der Waals surface area (Å²) in [4.78, 5) is 17.5. The van der Waals surface area contributed by atoms with Crippen LogP contribution in [0.1, 0.15) is 24.2 Å². The Labute approximate surface area is 112 Å². The number of carboxylic acids is 1. The highest BCUT2D eigenvalue weighted by Crippen LogP contribution is 2.20. The third-order valence-corrected chi connectivity index (χ3v) is 3.64. The Morgan fingerprint density at radius 1 is 1.42 bits per heavy atom. The Morgan fingerprint density at radius 2 is 2.11 bits per heavy atom. The Morgan fingerprint density at radius 3 is 2.68 bits per heavy atom. The first-order chi connectivity index (χ1) is 8.81. The fraction of sp³-hybridized carbons (Fsp3) is 0.429. The van der Waals surface area contributed by atoms with E-state index in [1.165, 1.54) is 0 Å². The maximum atomic E-state index is 11.0. The second-order valence-corrected chi connectivity index (χ2v) is 5.59. The number of imidazole rings is 1. The van der Waals surface area contributed by atoms with Crippen LogP contribution in [0.4, 0.5) is 0 Å². The van der Waals surface area contributed by atoms with Crippen molar-refractivity contribution < 1.29 is 9.90 Å². The first-order valence-electron chi connectivity index (χ1n) is 6.17. The molecule has 0 saturated carbocycles. The number of likely N-dealkylation sites (N-methyl/N-ethyl adjacent to an activating group) is 1. The average molecular weight is 261 g/mol. The molecule has 0 unspecified atom stereocenters. The highest BCUT2D eigenvalue weighted by Gasteiger charge is 2.22. The SMILES string of the molecule is CN(C)C(C)(C)Cn1cnc2ccc(C(=O)O)cc21. The number of carboxylic acid groups (broad SMARTS) is 1. The minimum Gasteiger partial charge on any atom is -0.478 e. The molecule has 0 aliphatic heterocycles. The lowest BCUT2D eigenvalue weighted by Crippen LogP contribution is -2.41. The maximum Gasteiger partial charge on any atom is 0.335 e. The summed E-state index contributed by atoms with van der Waals surface area (Å²) in [5.41, 5.74) is 1.93. The first kappa shape index (κ1) is 13.5. The number of nitrogens with zero attached hydrogens (tertiary/aromatic N) is 3. The van der Waals surface area contributed by atoms with Gasteiger partial charge in [0.05, 0.1) is 22.9 Å². The van der Waals surface area contributed by atoms with E-state index >= 15 is 0 Å². The molecule has 0 aliphatic carbocycles. The van der Waals surface area contributed by atoms with E-state index in [1.54, 1.807) is 24.5 Å². The summed E-state index contributed by atoms with van der Waals surface area (Å²) >= 11 is 0. The summed E-state index contributed by atoms with van der Waals surface area (Å²) in [7, 11) is 4.06. The van der Waals surface area contributed by atoms with Crippen LogP contribution in [0.15, 0.2) is 24.5 Å². The molecule has 5 heteroatoms.